The SMILES string of the molecule is CC(=O)[C@]1(O)CC(C2CCCCC2)C[C@](O)(C(C)=O)C1[N+](=O)[O-]. The van der Waals surface area contributed by atoms with Gasteiger partial charge in [-0.1, -0.05) is 32.1 Å². The largest absolute Gasteiger partial charge is 0.376 e. The van der Waals surface area contributed by atoms with Crippen LogP contribution in [0.3, 0.4) is 0 Å². The van der Waals surface area contributed by atoms with Gasteiger partial charge in [0.2, 0.25) is 0 Å². The molecular formula is C16H25NO6. The summed E-state index contributed by atoms with van der Waals surface area (Å²) in [6.45, 7) is 2.17. The number of aliphatic hydroxyl groups is 2. The lowest BCUT2D eigenvalue weighted by molar-refractivity contribution is -0.565. The molecule has 2 unspecified atom stereocenters. The van der Waals surface area contributed by atoms with Crippen LogP contribution < -0.4 is 0 Å². The first-order valence-corrected chi connectivity index (χ1v) is 8.23. The maximum absolute atomic E-state index is 12.0. The molecule has 0 aromatic rings. The zero-order valence-electron chi connectivity index (χ0n) is 13.7. The molecule has 130 valence electrons. The summed E-state index contributed by atoms with van der Waals surface area (Å²) in [6.07, 6.45) is 4.84. The number of ketones is 2. The minimum absolute atomic E-state index is 0.0613. The van der Waals surface area contributed by atoms with E-state index in [1.807, 2.05) is 0 Å². The Hall–Kier alpha value is -1.34. The molecule has 0 amide bonds. The Kier molecular flexibility index (Phi) is 4.92. The van der Waals surface area contributed by atoms with Crippen molar-refractivity contribution < 1.29 is 24.7 Å². The van der Waals surface area contributed by atoms with Crippen LogP contribution in [0.2, 0.25) is 0 Å². The van der Waals surface area contributed by atoms with Crippen LogP contribution in [0, 0.1) is 22.0 Å². The second-order valence-electron chi connectivity index (χ2n) is 7.22. The molecule has 0 aromatic heterocycles. The van der Waals surface area contributed by atoms with Crippen LogP contribution in [0.15, 0.2) is 0 Å². The van der Waals surface area contributed by atoms with E-state index in [1.165, 1.54) is 0 Å². The molecule has 2 rings (SSSR count). The Morgan fingerprint density at radius 1 is 0.957 bits per heavy atom. The molecule has 0 bridgehead atoms. The highest BCUT2D eigenvalue weighted by atomic mass is 16.6. The van der Waals surface area contributed by atoms with E-state index >= 15 is 0 Å². The molecule has 0 aromatic carbocycles. The van der Waals surface area contributed by atoms with Gasteiger partial charge in [0.25, 0.3) is 6.04 Å². The van der Waals surface area contributed by atoms with Crippen molar-refractivity contribution >= 4 is 11.6 Å². The number of nitro groups is 1. The van der Waals surface area contributed by atoms with Crippen LogP contribution in [-0.2, 0) is 9.59 Å². The van der Waals surface area contributed by atoms with Crippen LogP contribution in [0.4, 0.5) is 0 Å². The zero-order chi connectivity index (χ0) is 17.4. The number of hydrogen-bond acceptors (Lipinski definition) is 6. The Labute approximate surface area is 135 Å². The summed E-state index contributed by atoms with van der Waals surface area (Å²) < 4.78 is 0. The van der Waals surface area contributed by atoms with Gasteiger partial charge in [-0.15, -0.1) is 0 Å². The van der Waals surface area contributed by atoms with Crippen LogP contribution in [-0.4, -0.2) is 43.9 Å². The van der Waals surface area contributed by atoms with Gasteiger partial charge in [-0.2, -0.15) is 0 Å². The zero-order valence-corrected chi connectivity index (χ0v) is 13.7. The van der Waals surface area contributed by atoms with E-state index in [0.717, 1.165) is 46.0 Å². The van der Waals surface area contributed by atoms with Crippen LogP contribution in [0.5, 0.6) is 0 Å². The molecule has 2 fully saturated rings. The van der Waals surface area contributed by atoms with Gasteiger partial charge < -0.3 is 10.2 Å². The standard InChI is InChI=1S/C16H25NO6/c1-10(18)15(20)8-13(12-6-4-3-5-7-12)9-16(21,11(2)19)14(15)17(22)23/h12-14,20-21H,3-9H2,1-2H3/t13?,14?,15-,16+. The molecule has 2 N–H and O–H groups in total. The van der Waals surface area contributed by atoms with E-state index in [9.17, 15) is 29.9 Å². The topological polar surface area (TPSA) is 118 Å². The normalized spacial score (nSPS) is 39.0. The van der Waals surface area contributed by atoms with E-state index in [0.29, 0.717) is 0 Å². The lowest BCUT2D eigenvalue weighted by Gasteiger charge is -2.47. The fourth-order valence-corrected chi connectivity index (χ4v) is 4.45. The van der Waals surface area contributed by atoms with Crippen molar-refractivity contribution in [3.05, 3.63) is 10.1 Å². The first-order chi connectivity index (χ1) is 10.6. The number of nitrogens with zero attached hydrogens (tertiary/aromatic N) is 1. The molecule has 0 radical (unpaired) electrons. The van der Waals surface area contributed by atoms with Crippen molar-refractivity contribution in [1.29, 1.82) is 0 Å². The van der Waals surface area contributed by atoms with Crippen molar-refractivity contribution in [2.45, 2.75) is 76.0 Å². The number of hydrogen-bond donors (Lipinski definition) is 2. The quantitative estimate of drug-likeness (QED) is 0.593. The van der Waals surface area contributed by atoms with Crippen molar-refractivity contribution in [1.82, 2.24) is 0 Å². The van der Waals surface area contributed by atoms with E-state index < -0.39 is 33.7 Å². The van der Waals surface area contributed by atoms with Gasteiger partial charge in [-0.3, -0.25) is 19.7 Å². The molecule has 2 aliphatic carbocycles. The second kappa shape index (κ2) is 6.28. The Balaban J connectivity index is 2.44. The van der Waals surface area contributed by atoms with Gasteiger partial charge in [0, 0.05) is 4.92 Å². The van der Waals surface area contributed by atoms with Crippen LogP contribution in [0.1, 0.15) is 58.8 Å². The smallest absolute Gasteiger partial charge is 0.283 e. The number of rotatable bonds is 4. The maximum atomic E-state index is 12.0. The van der Waals surface area contributed by atoms with Gasteiger partial charge >= 0.3 is 0 Å². The van der Waals surface area contributed by atoms with E-state index in [4.69, 9.17) is 0 Å². The van der Waals surface area contributed by atoms with Crippen LogP contribution >= 0.6 is 0 Å². The molecule has 0 aliphatic heterocycles. The van der Waals surface area contributed by atoms with Gasteiger partial charge in [0.1, 0.15) is 0 Å². The molecular weight excluding hydrogens is 302 g/mol. The van der Waals surface area contributed by atoms with Crippen molar-refractivity contribution in [3.8, 4) is 0 Å². The third kappa shape index (κ3) is 3.04. The van der Waals surface area contributed by atoms with Crippen molar-refractivity contribution in [2.75, 3.05) is 0 Å². The number of carbonyl (C=O) groups is 2. The third-order valence-corrected chi connectivity index (χ3v) is 5.80. The fraction of sp³-hybridized carbons (Fsp3) is 0.875. The molecule has 0 spiro atoms. The molecule has 4 atom stereocenters. The summed E-state index contributed by atoms with van der Waals surface area (Å²) in [7, 11) is 0. The average molecular weight is 327 g/mol. The Bertz CT molecular complexity index is 485. The summed E-state index contributed by atoms with van der Waals surface area (Å²) >= 11 is 0. The fourth-order valence-electron chi connectivity index (χ4n) is 4.45. The maximum Gasteiger partial charge on any atom is 0.283 e. The van der Waals surface area contributed by atoms with Gasteiger partial charge in [-0.05, 0) is 38.5 Å². The van der Waals surface area contributed by atoms with E-state index in [-0.39, 0.29) is 24.7 Å². The van der Waals surface area contributed by atoms with Crippen molar-refractivity contribution in [3.63, 3.8) is 0 Å². The first-order valence-electron chi connectivity index (χ1n) is 8.23. The summed E-state index contributed by atoms with van der Waals surface area (Å²) in [5, 5.41) is 33.0. The summed E-state index contributed by atoms with van der Waals surface area (Å²) in [5.41, 5.74) is -4.60. The predicted octanol–water partition coefficient (Wildman–Crippen LogP) is 1.26. The molecule has 0 heterocycles. The minimum Gasteiger partial charge on any atom is -0.376 e. The monoisotopic (exact) mass is 327 g/mol. The second-order valence-corrected chi connectivity index (χ2v) is 7.22. The lowest BCUT2D eigenvalue weighted by Crippen LogP contribution is -2.70. The van der Waals surface area contributed by atoms with E-state index in [1.54, 1.807) is 0 Å². The van der Waals surface area contributed by atoms with Gasteiger partial charge in [0.05, 0.1) is 0 Å². The van der Waals surface area contributed by atoms with Crippen LogP contribution in [0.25, 0.3) is 0 Å². The third-order valence-electron chi connectivity index (χ3n) is 5.80. The molecule has 2 aliphatic rings. The lowest BCUT2D eigenvalue weighted by atomic mass is 9.59. The first kappa shape index (κ1) is 18.0. The molecule has 23 heavy (non-hydrogen) atoms. The molecule has 7 heteroatoms. The summed E-state index contributed by atoms with van der Waals surface area (Å²) in [5.74, 6) is -1.62. The molecule has 2 saturated carbocycles. The van der Waals surface area contributed by atoms with Gasteiger partial charge in [-0.25, -0.2) is 0 Å². The molecule has 7 nitrogen and oxygen atoms in total. The Morgan fingerprint density at radius 3 is 1.74 bits per heavy atom. The van der Waals surface area contributed by atoms with Gasteiger partial charge in [0.15, 0.2) is 22.8 Å². The average Bonchev–Trinajstić information content (AvgIpc) is 2.46. The highest BCUT2D eigenvalue weighted by molar-refractivity contribution is 5.91. The Morgan fingerprint density at radius 2 is 1.39 bits per heavy atom. The minimum atomic E-state index is -2.30. The predicted molar refractivity (Wildman–Crippen MR) is 81.3 cm³/mol. The molecule has 0 saturated heterocycles. The highest BCUT2D eigenvalue weighted by Crippen LogP contribution is 2.47. The summed E-state index contributed by atoms with van der Waals surface area (Å²) in [6, 6.07) is -2.01. The number of Topliss-reactive ketones (excluding diaryl/α,β-unsaturated/α-hetero) is 2. The van der Waals surface area contributed by atoms with E-state index in [2.05, 4.69) is 0 Å². The highest BCUT2D eigenvalue weighted by Gasteiger charge is 2.67. The summed E-state index contributed by atoms with van der Waals surface area (Å²) in [4.78, 5) is 34.6. The van der Waals surface area contributed by atoms with Crippen molar-refractivity contribution in [2.24, 2.45) is 11.8 Å². The number of carbonyl (C=O) groups excluding carboxylic acids is 2.